The van der Waals surface area contributed by atoms with Crippen molar-refractivity contribution in [3.8, 4) is 0 Å². The van der Waals surface area contributed by atoms with Gasteiger partial charge in [-0.1, -0.05) is 6.58 Å². The average molecular weight is 265 g/mol. The molecule has 0 saturated heterocycles. The molecule has 0 aromatic rings. The summed E-state index contributed by atoms with van der Waals surface area (Å²) >= 11 is 5.78. The molecule has 17 heavy (non-hydrogen) atoms. The molecule has 0 aromatic heterocycles. The number of halogens is 1. The fourth-order valence-electron chi connectivity index (χ4n) is 1.30. The first kappa shape index (κ1) is 16.1. The second-order valence-electron chi connectivity index (χ2n) is 3.52. The molecule has 2 unspecified atom stereocenters. The molecule has 0 fully saturated rings. The summed E-state index contributed by atoms with van der Waals surface area (Å²) in [5.74, 6) is -3.09. The highest BCUT2D eigenvalue weighted by Gasteiger charge is 2.41. The Balaban J connectivity index is 4.90. The van der Waals surface area contributed by atoms with E-state index >= 15 is 0 Å². The zero-order valence-electron chi connectivity index (χ0n) is 10.2. The Kier molecular flexibility index (Phi) is 6.37. The van der Waals surface area contributed by atoms with Crippen LogP contribution in [0.25, 0.3) is 0 Å². The molecule has 0 aliphatic heterocycles. The van der Waals surface area contributed by atoms with Crippen molar-refractivity contribution < 1.29 is 24.2 Å². The van der Waals surface area contributed by atoms with Gasteiger partial charge in [0.2, 0.25) is 0 Å². The molecule has 0 saturated carbocycles. The number of ether oxygens (including phenoxy) is 2. The van der Waals surface area contributed by atoms with Crippen molar-refractivity contribution in [3.63, 3.8) is 0 Å². The molecule has 0 amide bonds. The summed E-state index contributed by atoms with van der Waals surface area (Å²) in [6, 6.07) is 0. The summed E-state index contributed by atoms with van der Waals surface area (Å²) in [5.41, 5.74) is -0.0182. The van der Waals surface area contributed by atoms with Crippen LogP contribution in [-0.4, -0.2) is 41.7 Å². The minimum Gasteiger partial charge on any atom is -0.466 e. The molecule has 0 heterocycles. The molecule has 0 aromatic carbocycles. The number of rotatable bonds is 7. The van der Waals surface area contributed by atoms with Crippen LogP contribution in [0.15, 0.2) is 12.2 Å². The number of esters is 1. The predicted molar refractivity (Wildman–Crippen MR) is 62.7 cm³/mol. The lowest BCUT2D eigenvalue weighted by Crippen LogP contribution is -2.46. The Hall–Kier alpha value is -0.910. The highest BCUT2D eigenvalue weighted by Crippen LogP contribution is 2.26. The van der Waals surface area contributed by atoms with Gasteiger partial charge in [0.15, 0.2) is 11.6 Å². The highest BCUT2D eigenvalue weighted by atomic mass is 35.5. The molecular formula is C11H17ClO5. The van der Waals surface area contributed by atoms with Crippen molar-refractivity contribution in [3.05, 3.63) is 12.2 Å². The maximum Gasteiger partial charge on any atom is 0.333 e. The molecule has 0 aliphatic rings. The van der Waals surface area contributed by atoms with Gasteiger partial charge in [-0.15, -0.1) is 11.6 Å². The van der Waals surface area contributed by atoms with Crippen molar-refractivity contribution >= 4 is 23.4 Å². The summed E-state index contributed by atoms with van der Waals surface area (Å²) in [6.45, 7) is 6.45. The maximum atomic E-state index is 11.2. The quantitative estimate of drug-likeness (QED) is 0.322. The zero-order valence-corrected chi connectivity index (χ0v) is 10.9. The van der Waals surface area contributed by atoms with Gasteiger partial charge in [0.05, 0.1) is 7.11 Å². The van der Waals surface area contributed by atoms with Gasteiger partial charge in [-0.3, -0.25) is 4.79 Å². The molecule has 0 radical (unpaired) electrons. The van der Waals surface area contributed by atoms with E-state index in [-0.39, 0.29) is 18.6 Å². The number of carbonyl (C=O) groups excluding carboxylic acids is 2. The van der Waals surface area contributed by atoms with Crippen LogP contribution in [-0.2, 0) is 19.1 Å². The first-order valence-electron chi connectivity index (χ1n) is 5.05. The van der Waals surface area contributed by atoms with Gasteiger partial charge in [0.1, 0.15) is 5.38 Å². The van der Waals surface area contributed by atoms with Crippen LogP contribution >= 0.6 is 11.6 Å². The second kappa shape index (κ2) is 6.74. The Morgan fingerprint density at radius 2 is 2.06 bits per heavy atom. The van der Waals surface area contributed by atoms with Gasteiger partial charge in [0.25, 0.3) is 0 Å². The van der Waals surface area contributed by atoms with Gasteiger partial charge in [0, 0.05) is 18.6 Å². The SMILES string of the molecule is C=C(CC(O)(OCC)C(Cl)C(C)=O)C(=O)OC. The third-order valence-corrected chi connectivity index (χ3v) is 2.74. The van der Waals surface area contributed by atoms with Crippen LogP contribution in [0.3, 0.4) is 0 Å². The summed E-state index contributed by atoms with van der Waals surface area (Å²) in [5, 5.41) is 8.85. The smallest absolute Gasteiger partial charge is 0.333 e. The van der Waals surface area contributed by atoms with Crippen LogP contribution in [0.1, 0.15) is 20.3 Å². The van der Waals surface area contributed by atoms with E-state index in [0.29, 0.717) is 0 Å². The van der Waals surface area contributed by atoms with Gasteiger partial charge in [-0.2, -0.15) is 0 Å². The minimum atomic E-state index is -1.95. The van der Waals surface area contributed by atoms with E-state index in [9.17, 15) is 14.7 Å². The van der Waals surface area contributed by atoms with E-state index in [1.54, 1.807) is 6.92 Å². The van der Waals surface area contributed by atoms with Crippen LogP contribution in [0.2, 0.25) is 0 Å². The first-order chi connectivity index (χ1) is 7.78. The number of ketones is 1. The Bertz CT molecular complexity index is 315. The zero-order chi connectivity index (χ0) is 13.6. The Morgan fingerprint density at radius 3 is 2.41 bits per heavy atom. The fraction of sp³-hybridized carbons (Fsp3) is 0.636. The first-order valence-corrected chi connectivity index (χ1v) is 5.49. The number of alkyl halides is 1. The molecular weight excluding hydrogens is 248 g/mol. The molecule has 1 N–H and O–H groups in total. The van der Waals surface area contributed by atoms with E-state index in [0.717, 1.165) is 0 Å². The van der Waals surface area contributed by atoms with Gasteiger partial charge in [-0.25, -0.2) is 4.79 Å². The third kappa shape index (κ3) is 4.46. The molecule has 98 valence electrons. The van der Waals surface area contributed by atoms with Crippen molar-refractivity contribution in [2.75, 3.05) is 13.7 Å². The van der Waals surface area contributed by atoms with E-state index in [1.807, 2.05) is 0 Å². The molecule has 6 heteroatoms. The number of hydrogen-bond donors (Lipinski definition) is 1. The number of carbonyl (C=O) groups is 2. The second-order valence-corrected chi connectivity index (χ2v) is 3.96. The Labute approximate surface area is 105 Å². The van der Waals surface area contributed by atoms with Crippen molar-refractivity contribution in [1.29, 1.82) is 0 Å². The van der Waals surface area contributed by atoms with Crippen LogP contribution in [0, 0.1) is 0 Å². The van der Waals surface area contributed by atoms with E-state index in [4.69, 9.17) is 16.3 Å². The fourth-order valence-corrected chi connectivity index (χ4v) is 1.44. The lowest BCUT2D eigenvalue weighted by molar-refractivity contribution is -0.201. The van der Waals surface area contributed by atoms with Gasteiger partial charge < -0.3 is 14.6 Å². The van der Waals surface area contributed by atoms with Crippen LogP contribution in [0.5, 0.6) is 0 Å². The summed E-state index contributed by atoms with van der Waals surface area (Å²) in [6.07, 6.45) is -0.290. The lowest BCUT2D eigenvalue weighted by atomic mass is 10.0. The molecule has 0 bridgehead atoms. The van der Waals surface area contributed by atoms with Gasteiger partial charge >= 0.3 is 5.97 Å². The largest absolute Gasteiger partial charge is 0.466 e. The predicted octanol–water partition coefficient (Wildman–Crippen LogP) is 1.03. The summed E-state index contributed by atoms with van der Waals surface area (Å²) < 4.78 is 9.50. The molecule has 0 spiro atoms. The van der Waals surface area contributed by atoms with Crippen molar-refractivity contribution in [2.24, 2.45) is 0 Å². The topological polar surface area (TPSA) is 72.8 Å². The standard InChI is InChI=1S/C11H17ClO5/c1-5-17-11(15,9(12)8(3)13)6-7(2)10(14)16-4/h9,15H,2,5-6H2,1,3-4H3. The van der Waals surface area contributed by atoms with E-state index in [2.05, 4.69) is 11.3 Å². The van der Waals surface area contributed by atoms with E-state index in [1.165, 1.54) is 14.0 Å². The van der Waals surface area contributed by atoms with E-state index < -0.39 is 22.9 Å². The van der Waals surface area contributed by atoms with Crippen LogP contribution < -0.4 is 0 Å². The molecule has 0 aliphatic carbocycles. The highest BCUT2D eigenvalue weighted by molar-refractivity contribution is 6.31. The number of aliphatic hydroxyl groups is 1. The van der Waals surface area contributed by atoms with Crippen molar-refractivity contribution in [2.45, 2.75) is 31.4 Å². The monoisotopic (exact) mass is 264 g/mol. The molecule has 0 rings (SSSR count). The lowest BCUT2D eigenvalue weighted by Gasteiger charge is -2.31. The summed E-state index contributed by atoms with van der Waals surface area (Å²) in [4.78, 5) is 22.3. The summed E-state index contributed by atoms with van der Waals surface area (Å²) in [7, 11) is 1.19. The molecule has 5 nitrogen and oxygen atoms in total. The van der Waals surface area contributed by atoms with Gasteiger partial charge in [-0.05, 0) is 13.8 Å². The van der Waals surface area contributed by atoms with Crippen molar-refractivity contribution in [1.82, 2.24) is 0 Å². The average Bonchev–Trinajstić information content (AvgIpc) is 2.26. The number of methoxy groups -OCH3 is 1. The number of hydrogen-bond acceptors (Lipinski definition) is 5. The maximum absolute atomic E-state index is 11.2. The van der Waals surface area contributed by atoms with Crippen LogP contribution in [0.4, 0.5) is 0 Å². The molecule has 2 atom stereocenters. The number of Topliss-reactive ketones (excluding diaryl/α,β-unsaturated/α-hetero) is 1. The minimum absolute atomic E-state index is 0.0182. The normalized spacial score (nSPS) is 15.8. The Morgan fingerprint density at radius 1 is 1.53 bits per heavy atom. The third-order valence-electron chi connectivity index (χ3n) is 2.09.